The largest absolute Gasteiger partial charge is 0.459 e. The standard InChI is InChI=1S/C22H34O5/c1-11(2)22(26)8-7-21(6)10-16-12(3)17(24)9-15(16)13(4)19(27-14(5)23)18(25)20(21)22/h11,13,15-16,18-20,25-26H,3,7-10H2,1-2,4-6H3. The fourth-order valence-corrected chi connectivity index (χ4v) is 6.38. The fraction of sp³-hybridized carbons (Fsp3) is 0.818. The lowest BCUT2D eigenvalue weighted by molar-refractivity contribution is -0.188. The second-order valence-corrected chi connectivity index (χ2v) is 9.83. The molecule has 0 amide bonds. The number of ether oxygens (including phenoxy) is 1. The number of fused-ring (bicyclic) bond motifs is 2. The van der Waals surface area contributed by atoms with Crippen LogP contribution in [0.2, 0.25) is 0 Å². The molecule has 0 radical (unpaired) electrons. The van der Waals surface area contributed by atoms with Crippen molar-refractivity contribution in [3.63, 3.8) is 0 Å². The van der Waals surface area contributed by atoms with Crippen molar-refractivity contribution in [2.45, 2.75) is 78.1 Å². The van der Waals surface area contributed by atoms with Crippen molar-refractivity contribution < 1.29 is 24.5 Å². The Morgan fingerprint density at radius 2 is 1.96 bits per heavy atom. The van der Waals surface area contributed by atoms with Gasteiger partial charge >= 0.3 is 5.97 Å². The predicted molar refractivity (Wildman–Crippen MR) is 102 cm³/mol. The molecular weight excluding hydrogens is 344 g/mol. The summed E-state index contributed by atoms with van der Waals surface area (Å²) in [6, 6.07) is 0. The number of carbonyl (C=O) groups is 2. The van der Waals surface area contributed by atoms with E-state index in [-0.39, 0.29) is 34.9 Å². The molecule has 0 aliphatic heterocycles. The molecule has 0 aromatic rings. The van der Waals surface area contributed by atoms with Gasteiger partial charge in [-0.25, -0.2) is 0 Å². The second kappa shape index (κ2) is 6.70. The van der Waals surface area contributed by atoms with E-state index in [9.17, 15) is 19.8 Å². The van der Waals surface area contributed by atoms with Crippen LogP contribution in [0.5, 0.6) is 0 Å². The first-order chi connectivity index (χ1) is 12.4. The molecule has 152 valence electrons. The topological polar surface area (TPSA) is 83.8 Å². The van der Waals surface area contributed by atoms with Crippen molar-refractivity contribution >= 4 is 11.8 Å². The fourth-order valence-electron chi connectivity index (χ4n) is 6.38. The third-order valence-electron chi connectivity index (χ3n) is 7.99. The van der Waals surface area contributed by atoms with Crippen LogP contribution in [-0.4, -0.2) is 39.8 Å². The Labute approximate surface area is 162 Å². The Balaban J connectivity index is 2.11. The second-order valence-electron chi connectivity index (χ2n) is 9.83. The van der Waals surface area contributed by atoms with Crippen molar-refractivity contribution in [1.82, 2.24) is 0 Å². The molecule has 5 nitrogen and oxygen atoms in total. The first kappa shape index (κ1) is 20.5. The van der Waals surface area contributed by atoms with Gasteiger partial charge in [0, 0.05) is 19.3 Å². The van der Waals surface area contributed by atoms with Crippen LogP contribution in [0.4, 0.5) is 0 Å². The van der Waals surface area contributed by atoms with Gasteiger partial charge in [-0.3, -0.25) is 9.59 Å². The van der Waals surface area contributed by atoms with E-state index in [2.05, 4.69) is 13.5 Å². The first-order valence-electron chi connectivity index (χ1n) is 10.2. The summed E-state index contributed by atoms with van der Waals surface area (Å²) in [5, 5.41) is 22.9. The molecule has 0 heterocycles. The molecule has 8 atom stereocenters. The van der Waals surface area contributed by atoms with Crippen LogP contribution < -0.4 is 0 Å². The maximum absolute atomic E-state index is 12.4. The van der Waals surface area contributed by atoms with Gasteiger partial charge in [-0.1, -0.05) is 34.3 Å². The quantitative estimate of drug-likeness (QED) is 0.570. The molecule has 3 aliphatic carbocycles. The van der Waals surface area contributed by atoms with Crippen LogP contribution in [0.15, 0.2) is 12.2 Å². The van der Waals surface area contributed by atoms with Gasteiger partial charge in [0.15, 0.2) is 5.78 Å². The van der Waals surface area contributed by atoms with E-state index in [1.54, 1.807) is 0 Å². The highest BCUT2D eigenvalue weighted by atomic mass is 16.6. The third-order valence-corrected chi connectivity index (χ3v) is 7.99. The summed E-state index contributed by atoms with van der Waals surface area (Å²) in [5.74, 6) is -0.976. The lowest BCUT2D eigenvalue weighted by Crippen LogP contribution is -2.57. The minimum atomic E-state index is -1.02. The van der Waals surface area contributed by atoms with Crippen LogP contribution >= 0.6 is 0 Å². The van der Waals surface area contributed by atoms with Crippen LogP contribution in [0.25, 0.3) is 0 Å². The summed E-state index contributed by atoms with van der Waals surface area (Å²) in [4.78, 5) is 24.2. The van der Waals surface area contributed by atoms with Crippen molar-refractivity contribution in [3.05, 3.63) is 12.2 Å². The molecule has 5 heteroatoms. The number of carbonyl (C=O) groups excluding carboxylic acids is 2. The lowest BCUT2D eigenvalue weighted by atomic mass is 9.59. The molecule has 0 spiro atoms. The van der Waals surface area contributed by atoms with Gasteiger partial charge in [-0.2, -0.15) is 0 Å². The van der Waals surface area contributed by atoms with Gasteiger partial charge in [0.2, 0.25) is 0 Å². The zero-order valence-corrected chi connectivity index (χ0v) is 17.2. The normalized spacial score (nSPS) is 47.4. The van der Waals surface area contributed by atoms with Crippen molar-refractivity contribution in [3.8, 4) is 0 Å². The van der Waals surface area contributed by atoms with Crippen LogP contribution in [0.1, 0.15) is 60.3 Å². The maximum Gasteiger partial charge on any atom is 0.303 e. The molecule has 3 saturated carbocycles. The number of esters is 1. The van der Waals surface area contributed by atoms with Gasteiger partial charge in [-0.05, 0) is 53.9 Å². The predicted octanol–water partition coefficient (Wildman–Crippen LogP) is 2.88. The number of rotatable bonds is 2. The minimum Gasteiger partial charge on any atom is -0.459 e. The number of Topliss-reactive ketones (excluding diaryl/α,β-unsaturated/α-hetero) is 1. The Hall–Kier alpha value is -1.20. The molecule has 0 aromatic carbocycles. The van der Waals surface area contributed by atoms with Crippen LogP contribution in [0, 0.1) is 35.0 Å². The number of ketones is 1. The van der Waals surface area contributed by atoms with E-state index in [1.807, 2.05) is 20.8 Å². The molecule has 0 aromatic heterocycles. The number of allylic oxidation sites excluding steroid dienone is 1. The van der Waals surface area contributed by atoms with E-state index in [1.165, 1.54) is 6.92 Å². The highest BCUT2D eigenvalue weighted by Crippen LogP contribution is 2.61. The molecule has 8 unspecified atom stereocenters. The Morgan fingerprint density at radius 3 is 2.52 bits per heavy atom. The Morgan fingerprint density at radius 1 is 1.33 bits per heavy atom. The summed E-state index contributed by atoms with van der Waals surface area (Å²) in [5.41, 5.74) is -0.707. The summed E-state index contributed by atoms with van der Waals surface area (Å²) >= 11 is 0. The molecule has 0 saturated heterocycles. The van der Waals surface area contributed by atoms with Gasteiger partial charge < -0.3 is 14.9 Å². The lowest BCUT2D eigenvalue weighted by Gasteiger charge is -2.50. The van der Waals surface area contributed by atoms with E-state index >= 15 is 0 Å². The number of hydrogen-bond donors (Lipinski definition) is 2. The molecule has 3 aliphatic rings. The summed E-state index contributed by atoms with van der Waals surface area (Å²) in [7, 11) is 0. The Bertz CT molecular complexity index is 655. The SMILES string of the molecule is C=C1C(=O)CC2C1CC1(C)CCC(O)(C(C)C)C1C(O)C(OC(C)=O)C2C. The number of aliphatic hydroxyl groups is 2. The van der Waals surface area contributed by atoms with Crippen LogP contribution in [0.3, 0.4) is 0 Å². The molecule has 27 heavy (non-hydrogen) atoms. The van der Waals surface area contributed by atoms with Gasteiger partial charge in [0.25, 0.3) is 0 Å². The smallest absolute Gasteiger partial charge is 0.303 e. The van der Waals surface area contributed by atoms with E-state index in [4.69, 9.17) is 4.74 Å². The van der Waals surface area contributed by atoms with Gasteiger partial charge in [0.1, 0.15) is 6.10 Å². The van der Waals surface area contributed by atoms with Crippen molar-refractivity contribution in [2.75, 3.05) is 0 Å². The molecular formula is C22H34O5. The van der Waals surface area contributed by atoms with Gasteiger partial charge in [-0.15, -0.1) is 0 Å². The van der Waals surface area contributed by atoms with Crippen LogP contribution in [-0.2, 0) is 14.3 Å². The van der Waals surface area contributed by atoms with E-state index < -0.39 is 29.7 Å². The summed E-state index contributed by atoms with van der Waals surface area (Å²) < 4.78 is 5.62. The average molecular weight is 379 g/mol. The summed E-state index contributed by atoms with van der Waals surface area (Å²) in [6.07, 6.45) is 0.799. The molecule has 0 bridgehead atoms. The van der Waals surface area contributed by atoms with E-state index in [0.717, 1.165) is 12.8 Å². The molecule has 2 N–H and O–H groups in total. The average Bonchev–Trinajstić information content (AvgIpc) is 3.00. The van der Waals surface area contributed by atoms with Crippen molar-refractivity contribution in [1.29, 1.82) is 0 Å². The minimum absolute atomic E-state index is 0.00881. The van der Waals surface area contributed by atoms with E-state index in [0.29, 0.717) is 18.4 Å². The zero-order chi connectivity index (χ0) is 20.3. The zero-order valence-electron chi connectivity index (χ0n) is 17.2. The maximum atomic E-state index is 12.4. The van der Waals surface area contributed by atoms with Crippen molar-refractivity contribution in [2.24, 2.45) is 35.0 Å². The Kier molecular flexibility index (Phi) is 5.09. The number of hydrogen-bond acceptors (Lipinski definition) is 5. The number of aliphatic hydroxyl groups excluding tert-OH is 1. The highest BCUT2D eigenvalue weighted by molar-refractivity contribution is 5.98. The molecule has 3 rings (SSSR count). The molecule has 3 fully saturated rings. The van der Waals surface area contributed by atoms with Gasteiger partial charge in [0.05, 0.1) is 11.7 Å². The monoisotopic (exact) mass is 378 g/mol. The first-order valence-corrected chi connectivity index (χ1v) is 10.2. The highest BCUT2D eigenvalue weighted by Gasteiger charge is 2.63. The summed E-state index contributed by atoms with van der Waals surface area (Å²) in [6.45, 7) is 13.4. The third kappa shape index (κ3) is 3.07.